The minimum atomic E-state index is -0.503. The molecule has 1 N–H and O–H groups in total. The van der Waals surface area contributed by atoms with E-state index in [2.05, 4.69) is 58.6 Å². The molecule has 0 radical (unpaired) electrons. The van der Waals surface area contributed by atoms with Crippen molar-refractivity contribution in [2.75, 3.05) is 0 Å². The Bertz CT molecular complexity index is 1470. The van der Waals surface area contributed by atoms with E-state index in [-0.39, 0.29) is 23.7 Å². The molecule has 9 nitrogen and oxygen atoms in total. The van der Waals surface area contributed by atoms with Gasteiger partial charge in [0.2, 0.25) is 5.89 Å². The van der Waals surface area contributed by atoms with Crippen LogP contribution in [0.3, 0.4) is 0 Å². The highest BCUT2D eigenvalue weighted by Gasteiger charge is 2.33. The summed E-state index contributed by atoms with van der Waals surface area (Å²) in [5, 5.41) is 10.7. The van der Waals surface area contributed by atoms with Crippen molar-refractivity contribution >= 4 is 6.09 Å². The molecule has 0 saturated heterocycles. The van der Waals surface area contributed by atoms with Gasteiger partial charge in [0, 0.05) is 31.2 Å². The summed E-state index contributed by atoms with van der Waals surface area (Å²) in [5.41, 5.74) is 2.21. The molecule has 1 aliphatic rings. The van der Waals surface area contributed by atoms with Gasteiger partial charge in [-0.15, -0.1) is 10.2 Å². The molecule has 214 valence electrons. The predicted molar refractivity (Wildman–Crippen MR) is 154 cm³/mol. The van der Waals surface area contributed by atoms with Crippen LogP contribution in [0.4, 0.5) is 4.79 Å². The monoisotopic (exact) mass is 556 g/mol. The average molecular weight is 557 g/mol. The first-order chi connectivity index (χ1) is 19.4. The normalized spacial score (nSPS) is 16.9. The summed E-state index contributed by atoms with van der Waals surface area (Å²) >= 11 is 0. The summed E-state index contributed by atoms with van der Waals surface area (Å²) in [6.07, 6.45) is 2.86. The third-order valence-electron chi connectivity index (χ3n) is 6.99. The summed E-state index contributed by atoms with van der Waals surface area (Å²) in [5.74, 6) is 3.03. The van der Waals surface area contributed by atoms with E-state index in [9.17, 15) is 4.79 Å². The van der Waals surface area contributed by atoms with E-state index in [1.807, 2.05) is 51.1 Å². The number of hydrogen-bond donors (Lipinski definition) is 1. The molecule has 1 amide bonds. The first-order valence-corrected chi connectivity index (χ1v) is 13.8. The highest BCUT2D eigenvalue weighted by Crippen LogP contribution is 2.35. The van der Waals surface area contributed by atoms with Crippen molar-refractivity contribution in [2.45, 2.75) is 77.5 Å². The third kappa shape index (κ3) is 7.03. The van der Waals surface area contributed by atoms with Crippen LogP contribution in [0.2, 0.25) is 0 Å². The number of benzene rings is 2. The Hall–Kier alpha value is -4.40. The van der Waals surface area contributed by atoms with Gasteiger partial charge in [0.15, 0.2) is 0 Å². The summed E-state index contributed by atoms with van der Waals surface area (Å²) in [6, 6.07) is 20.0. The topological polar surface area (TPSA) is 109 Å². The van der Waals surface area contributed by atoms with Crippen molar-refractivity contribution in [3.63, 3.8) is 0 Å². The number of amides is 1. The number of rotatable bonds is 8. The number of nitrogens with zero attached hydrogens (tertiary/aromatic N) is 3. The van der Waals surface area contributed by atoms with Gasteiger partial charge in [0.05, 0.1) is 6.20 Å². The molecule has 0 aliphatic heterocycles. The zero-order chi connectivity index (χ0) is 29.2. The minimum Gasteiger partial charge on any atom is -0.490 e. The quantitative estimate of drug-likeness (QED) is 0.247. The van der Waals surface area contributed by atoms with E-state index < -0.39 is 5.60 Å². The molecule has 1 saturated carbocycles. The van der Waals surface area contributed by atoms with Gasteiger partial charge in [-0.25, -0.2) is 9.78 Å². The molecule has 0 unspecified atom stereocenters. The zero-order valence-electron chi connectivity index (χ0n) is 24.3. The average Bonchev–Trinajstić information content (AvgIpc) is 3.33. The van der Waals surface area contributed by atoms with E-state index in [0.29, 0.717) is 23.2 Å². The van der Waals surface area contributed by atoms with Crippen molar-refractivity contribution in [1.82, 2.24) is 20.5 Å². The third-order valence-corrected chi connectivity index (χ3v) is 6.99. The van der Waals surface area contributed by atoms with Gasteiger partial charge in [-0.3, -0.25) is 0 Å². The molecule has 2 aromatic heterocycles. The second-order valence-corrected chi connectivity index (χ2v) is 11.8. The zero-order valence-corrected chi connectivity index (χ0v) is 24.3. The van der Waals surface area contributed by atoms with Crippen LogP contribution in [0.5, 0.6) is 17.2 Å². The van der Waals surface area contributed by atoms with Gasteiger partial charge in [0.1, 0.15) is 34.6 Å². The first-order valence-electron chi connectivity index (χ1n) is 13.8. The van der Waals surface area contributed by atoms with Gasteiger partial charge >= 0.3 is 6.09 Å². The van der Waals surface area contributed by atoms with Crippen molar-refractivity contribution in [2.24, 2.45) is 0 Å². The highest BCUT2D eigenvalue weighted by molar-refractivity contribution is 5.68. The fourth-order valence-electron chi connectivity index (χ4n) is 4.61. The van der Waals surface area contributed by atoms with Gasteiger partial charge in [-0.1, -0.05) is 38.1 Å². The van der Waals surface area contributed by atoms with Crippen LogP contribution in [-0.2, 0) is 10.2 Å². The Morgan fingerprint density at radius 1 is 0.854 bits per heavy atom. The minimum absolute atomic E-state index is 0.0794. The number of ether oxygens (including phenoxy) is 3. The van der Waals surface area contributed by atoms with Gasteiger partial charge in [-0.2, -0.15) is 0 Å². The van der Waals surface area contributed by atoms with E-state index in [0.717, 1.165) is 29.9 Å². The number of hydrogen-bond acceptors (Lipinski definition) is 8. The summed E-state index contributed by atoms with van der Waals surface area (Å²) < 4.78 is 22.8. The predicted octanol–water partition coefficient (Wildman–Crippen LogP) is 6.99. The van der Waals surface area contributed by atoms with Gasteiger partial charge in [0.25, 0.3) is 5.89 Å². The smallest absolute Gasteiger partial charge is 0.407 e. The molecule has 41 heavy (non-hydrogen) atoms. The molecule has 0 atom stereocenters. The molecule has 1 fully saturated rings. The number of nitrogens with one attached hydrogen (secondary N) is 1. The number of aryl methyl sites for hydroxylation is 1. The van der Waals surface area contributed by atoms with Crippen LogP contribution in [0.25, 0.3) is 11.6 Å². The van der Waals surface area contributed by atoms with Gasteiger partial charge < -0.3 is 23.9 Å². The second kappa shape index (κ2) is 11.2. The lowest BCUT2D eigenvalue weighted by Crippen LogP contribution is -2.50. The molecule has 9 heteroatoms. The lowest BCUT2D eigenvalue weighted by molar-refractivity contribution is 0.0363. The number of carbonyl (C=O) groups excluding carboxylic acids is 1. The van der Waals surface area contributed by atoms with E-state index in [4.69, 9.17) is 18.6 Å². The van der Waals surface area contributed by atoms with E-state index in [1.54, 1.807) is 19.2 Å². The molecule has 2 heterocycles. The maximum absolute atomic E-state index is 11.9. The summed E-state index contributed by atoms with van der Waals surface area (Å²) in [4.78, 5) is 16.3. The second-order valence-electron chi connectivity index (χ2n) is 11.8. The molecular weight excluding hydrogens is 520 g/mol. The van der Waals surface area contributed by atoms with Crippen molar-refractivity contribution in [1.29, 1.82) is 0 Å². The molecule has 0 bridgehead atoms. The van der Waals surface area contributed by atoms with Crippen LogP contribution in [0.1, 0.15) is 64.5 Å². The lowest BCUT2D eigenvalue weighted by Gasteiger charge is -2.36. The maximum Gasteiger partial charge on any atom is 0.407 e. The Kier molecular flexibility index (Phi) is 7.71. The molecule has 5 rings (SSSR count). The van der Waals surface area contributed by atoms with Crippen LogP contribution < -0.4 is 14.8 Å². The van der Waals surface area contributed by atoms with Crippen LogP contribution in [0.15, 0.2) is 71.3 Å². The first kappa shape index (κ1) is 28.1. The number of alkyl carbamates (subject to hydrolysis) is 1. The fraction of sp³-hybridized carbons (Fsp3) is 0.375. The van der Waals surface area contributed by atoms with Crippen LogP contribution >= 0.6 is 0 Å². The van der Waals surface area contributed by atoms with Gasteiger partial charge in [-0.05, 0) is 68.3 Å². The van der Waals surface area contributed by atoms with E-state index in [1.165, 1.54) is 5.56 Å². The Morgan fingerprint density at radius 2 is 1.46 bits per heavy atom. The Labute approximate surface area is 240 Å². The van der Waals surface area contributed by atoms with Crippen LogP contribution in [0, 0.1) is 6.92 Å². The SMILES string of the molecule is Cc1nnc(-c2ccc(Oc3ccc(C(C)(C)c4ccc(OC5CC(NC(=O)OC(C)(C)C)C5)cc4)cc3)cn2)o1. The maximum atomic E-state index is 11.9. The number of carbonyl (C=O) groups is 1. The molecule has 4 aromatic rings. The largest absolute Gasteiger partial charge is 0.490 e. The molecular formula is C32H36N4O5. The highest BCUT2D eigenvalue weighted by atomic mass is 16.6. The lowest BCUT2D eigenvalue weighted by atomic mass is 9.78. The van der Waals surface area contributed by atoms with Crippen LogP contribution in [-0.4, -0.2) is 39.0 Å². The van der Waals surface area contributed by atoms with Crippen molar-refractivity contribution in [3.8, 4) is 28.8 Å². The molecule has 1 aliphatic carbocycles. The van der Waals surface area contributed by atoms with Crippen molar-refractivity contribution < 1.29 is 23.4 Å². The van der Waals surface area contributed by atoms with E-state index >= 15 is 0 Å². The Balaban J connectivity index is 1.13. The summed E-state index contributed by atoms with van der Waals surface area (Å²) in [7, 11) is 0. The molecule has 0 spiro atoms. The standard InChI is InChI=1S/C32H36N4O5/c1-20-35-36-29(38-20)28-16-15-26(19-33-28)39-24-11-7-21(8-12-24)32(5,6)22-9-13-25(14-10-22)40-27-17-23(18-27)34-30(37)41-31(2,3)4/h7-16,19,23,27H,17-18H2,1-6H3,(H,34,37). The van der Waals surface area contributed by atoms with Crippen molar-refractivity contribution in [3.05, 3.63) is 83.9 Å². The summed E-state index contributed by atoms with van der Waals surface area (Å²) in [6.45, 7) is 11.7. The number of pyridine rings is 1. The molecule has 2 aromatic carbocycles. The Morgan fingerprint density at radius 3 is 2.00 bits per heavy atom. The number of aromatic nitrogens is 3. The fourth-order valence-corrected chi connectivity index (χ4v) is 4.61.